The van der Waals surface area contributed by atoms with Gasteiger partial charge in [-0.05, 0) is 31.5 Å². The fourth-order valence-corrected chi connectivity index (χ4v) is 4.50. The Labute approximate surface area is 148 Å². The zero-order valence-electron chi connectivity index (χ0n) is 14.5. The Kier molecular flexibility index (Phi) is 4.63. The maximum Gasteiger partial charge on any atom is 0.268 e. The zero-order chi connectivity index (χ0) is 18.0. The van der Waals surface area contributed by atoms with E-state index in [9.17, 15) is 8.42 Å². The van der Waals surface area contributed by atoms with Crippen molar-refractivity contribution in [1.29, 1.82) is 0 Å². The van der Waals surface area contributed by atoms with E-state index in [4.69, 9.17) is 0 Å². The van der Waals surface area contributed by atoms with Crippen LogP contribution in [0.3, 0.4) is 0 Å². The summed E-state index contributed by atoms with van der Waals surface area (Å²) in [5.74, 6) is 0. The molecule has 0 aliphatic rings. The van der Waals surface area contributed by atoms with Crippen molar-refractivity contribution in [3.05, 3.63) is 66.4 Å². The molecule has 2 aromatic carbocycles. The van der Waals surface area contributed by atoms with Crippen LogP contribution in [-0.4, -0.2) is 24.7 Å². The summed E-state index contributed by atoms with van der Waals surface area (Å²) < 4.78 is 29.7. The summed E-state index contributed by atoms with van der Waals surface area (Å²) in [5.41, 5.74) is 2.92. The lowest BCUT2D eigenvalue weighted by Crippen LogP contribution is -2.31. The SMILES string of the molecule is CCN(c1cccc(C)c1)S(=O)(=O)c1cn(C)nc1-c1ccccc1. The first-order valence-electron chi connectivity index (χ1n) is 8.12. The Hall–Kier alpha value is -2.60. The third-order valence-electron chi connectivity index (χ3n) is 3.99. The molecule has 6 heteroatoms. The molecule has 130 valence electrons. The van der Waals surface area contributed by atoms with E-state index in [1.54, 1.807) is 17.9 Å². The van der Waals surface area contributed by atoms with Crippen LogP contribution >= 0.6 is 0 Å². The van der Waals surface area contributed by atoms with E-state index in [2.05, 4.69) is 5.10 Å². The maximum absolute atomic E-state index is 13.4. The first-order chi connectivity index (χ1) is 11.9. The molecule has 1 heterocycles. The lowest BCUT2D eigenvalue weighted by Gasteiger charge is -2.23. The van der Waals surface area contributed by atoms with Crippen LogP contribution in [0, 0.1) is 6.92 Å². The van der Waals surface area contributed by atoms with Crippen LogP contribution in [0.25, 0.3) is 11.3 Å². The Bertz CT molecular complexity index is 979. The van der Waals surface area contributed by atoms with Crippen LogP contribution in [0.4, 0.5) is 5.69 Å². The van der Waals surface area contributed by atoms with Crippen molar-refractivity contribution in [1.82, 2.24) is 9.78 Å². The van der Waals surface area contributed by atoms with Gasteiger partial charge in [0.05, 0.1) is 5.69 Å². The monoisotopic (exact) mass is 355 g/mol. The van der Waals surface area contributed by atoms with Gasteiger partial charge in [-0.2, -0.15) is 5.10 Å². The lowest BCUT2D eigenvalue weighted by molar-refractivity contribution is 0.592. The Morgan fingerprint density at radius 2 is 1.80 bits per heavy atom. The van der Waals surface area contributed by atoms with Gasteiger partial charge in [-0.1, -0.05) is 42.5 Å². The molecular weight excluding hydrogens is 334 g/mol. The van der Waals surface area contributed by atoms with Gasteiger partial charge in [-0.25, -0.2) is 8.42 Å². The molecule has 0 bridgehead atoms. The lowest BCUT2D eigenvalue weighted by atomic mass is 10.2. The van der Waals surface area contributed by atoms with E-state index in [0.717, 1.165) is 11.1 Å². The van der Waals surface area contributed by atoms with Crippen molar-refractivity contribution in [3.63, 3.8) is 0 Å². The summed E-state index contributed by atoms with van der Waals surface area (Å²) in [4.78, 5) is 0.213. The molecule has 3 aromatic rings. The van der Waals surface area contributed by atoms with Gasteiger partial charge < -0.3 is 0 Å². The second-order valence-electron chi connectivity index (χ2n) is 5.89. The number of hydrogen-bond donors (Lipinski definition) is 0. The summed E-state index contributed by atoms with van der Waals surface area (Å²) in [6.45, 7) is 4.12. The minimum Gasteiger partial charge on any atom is -0.274 e. The van der Waals surface area contributed by atoms with Crippen molar-refractivity contribution >= 4 is 15.7 Å². The number of anilines is 1. The first kappa shape index (κ1) is 17.2. The van der Waals surface area contributed by atoms with Crippen LogP contribution < -0.4 is 4.31 Å². The fourth-order valence-electron chi connectivity index (χ4n) is 2.84. The van der Waals surface area contributed by atoms with Crippen LogP contribution in [0.5, 0.6) is 0 Å². The molecule has 3 rings (SSSR count). The van der Waals surface area contributed by atoms with Crippen molar-refractivity contribution < 1.29 is 8.42 Å². The largest absolute Gasteiger partial charge is 0.274 e. The molecule has 0 saturated carbocycles. The first-order valence-corrected chi connectivity index (χ1v) is 9.56. The van der Waals surface area contributed by atoms with E-state index in [-0.39, 0.29) is 4.90 Å². The highest BCUT2D eigenvalue weighted by Crippen LogP contribution is 2.30. The standard InChI is InChI=1S/C19H21N3O2S/c1-4-22(17-12-8-9-15(2)13-17)25(23,24)18-14-21(3)20-19(18)16-10-6-5-7-11-16/h5-14H,4H2,1-3H3. The number of aryl methyl sites for hydroxylation is 2. The molecule has 0 fully saturated rings. The van der Waals surface area contributed by atoms with Gasteiger partial charge in [-0.15, -0.1) is 0 Å². The summed E-state index contributed by atoms with van der Waals surface area (Å²) >= 11 is 0. The predicted molar refractivity (Wildman–Crippen MR) is 100 cm³/mol. The highest BCUT2D eigenvalue weighted by molar-refractivity contribution is 7.93. The number of rotatable bonds is 5. The maximum atomic E-state index is 13.4. The molecule has 0 N–H and O–H groups in total. The van der Waals surface area contributed by atoms with Gasteiger partial charge in [0.1, 0.15) is 10.6 Å². The second kappa shape index (κ2) is 6.72. The van der Waals surface area contributed by atoms with Crippen LogP contribution in [0.2, 0.25) is 0 Å². The number of benzene rings is 2. The Morgan fingerprint density at radius 1 is 1.08 bits per heavy atom. The number of sulfonamides is 1. The number of hydrogen-bond acceptors (Lipinski definition) is 3. The summed E-state index contributed by atoms with van der Waals surface area (Å²) in [6.07, 6.45) is 1.57. The van der Waals surface area contributed by atoms with E-state index in [1.165, 1.54) is 4.31 Å². The Balaban J connectivity index is 2.14. The molecule has 1 aromatic heterocycles. The molecular formula is C19H21N3O2S. The fraction of sp³-hybridized carbons (Fsp3) is 0.211. The molecule has 0 unspecified atom stereocenters. The summed E-state index contributed by atoms with van der Waals surface area (Å²) in [5, 5.41) is 4.39. The quantitative estimate of drug-likeness (QED) is 0.702. The van der Waals surface area contributed by atoms with Gasteiger partial charge in [0.2, 0.25) is 0 Å². The highest BCUT2D eigenvalue weighted by atomic mass is 32.2. The van der Waals surface area contributed by atoms with Crippen LogP contribution in [0.15, 0.2) is 65.7 Å². The van der Waals surface area contributed by atoms with Gasteiger partial charge >= 0.3 is 0 Å². The van der Waals surface area contributed by atoms with Gasteiger partial charge in [-0.3, -0.25) is 8.99 Å². The predicted octanol–water partition coefficient (Wildman–Crippen LogP) is 3.61. The summed E-state index contributed by atoms with van der Waals surface area (Å²) in [7, 11) is -2.00. The van der Waals surface area contributed by atoms with Gasteiger partial charge in [0, 0.05) is 25.4 Å². The van der Waals surface area contributed by atoms with Crippen molar-refractivity contribution in [2.24, 2.45) is 7.05 Å². The molecule has 25 heavy (non-hydrogen) atoms. The van der Waals surface area contributed by atoms with Gasteiger partial charge in [0.15, 0.2) is 0 Å². The molecule has 0 saturated heterocycles. The number of nitrogens with zero attached hydrogens (tertiary/aromatic N) is 3. The van der Waals surface area contributed by atoms with E-state index in [1.807, 2.05) is 68.4 Å². The topological polar surface area (TPSA) is 55.2 Å². The van der Waals surface area contributed by atoms with Crippen molar-refractivity contribution in [2.75, 3.05) is 10.8 Å². The zero-order valence-corrected chi connectivity index (χ0v) is 15.4. The van der Waals surface area contributed by atoms with Crippen LogP contribution in [0.1, 0.15) is 12.5 Å². The molecule has 0 aliphatic heterocycles. The van der Waals surface area contributed by atoms with E-state index >= 15 is 0 Å². The number of aromatic nitrogens is 2. The van der Waals surface area contributed by atoms with E-state index < -0.39 is 10.0 Å². The van der Waals surface area contributed by atoms with E-state index in [0.29, 0.717) is 17.9 Å². The minimum atomic E-state index is -3.73. The minimum absolute atomic E-state index is 0.213. The molecule has 0 aliphatic carbocycles. The smallest absolute Gasteiger partial charge is 0.268 e. The summed E-state index contributed by atoms with van der Waals surface area (Å²) in [6, 6.07) is 16.9. The average molecular weight is 355 g/mol. The molecule has 0 atom stereocenters. The van der Waals surface area contributed by atoms with Gasteiger partial charge in [0.25, 0.3) is 10.0 Å². The molecule has 0 radical (unpaired) electrons. The molecule has 5 nitrogen and oxygen atoms in total. The third kappa shape index (κ3) is 3.30. The van der Waals surface area contributed by atoms with Crippen molar-refractivity contribution in [3.8, 4) is 11.3 Å². The Morgan fingerprint density at radius 3 is 2.44 bits per heavy atom. The van der Waals surface area contributed by atoms with Crippen molar-refractivity contribution in [2.45, 2.75) is 18.7 Å². The van der Waals surface area contributed by atoms with Crippen LogP contribution in [-0.2, 0) is 17.1 Å². The molecule has 0 amide bonds. The highest BCUT2D eigenvalue weighted by Gasteiger charge is 2.29. The average Bonchev–Trinajstić information content (AvgIpc) is 2.99. The third-order valence-corrected chi connectivity index (χ3v) is 5.89. The second-order valence-corrected chi connectivity index (χ2v) is 7.72. The molecule has 0 spiro atoms. The normalized spacial score (nSPS) is 11.5.